The third-order valence-electron chi connectivity index (χ3n) is 3.57. The molecule has 2 heterocycles. The van der Waals surface area contributed by atoms with Crippen LogP contribution in [0.25, 0.3) is 0 Å². The van der Waals surface area contributed by atoms with Crippen molar-refractivity contribution in [3.05, 3.63) is 16.6 Å². The fourth-order valence-corrected chi connectivity index (χ4v) is 4.52. The molecule has 1 fully saturated rings. The normalized spacial score (nSPS) is 18.1. The molecule has 1 aromatic rings. The summed E-state index contributed by atoms with van der Waals surface area (Å²) >= 11 is 1.65. The van der Waals surface area contributed by atoms with Crippen molar-refractivity contribution in [3.8, 4) is 0 Å². The quantitative estimate of drug-likeness (QED) is 0.671. The van der Waals surface area contributed by atoms with Crippen LogP contribution in [0.4, 0.5) is 0 Å². The van der Waals surface area contributed by atoms with Crippen LogP contribution in [0, 0.1) is 0 Å². The maximum Gasteiger partial charge on any atom is 0.216 e. The molecule has 2 rings (SSSR count). The summed E-state index contributed by atoms with van der Waals surface area (Å²) in [5, 5.41) is 3.09. The van der Waals surface area contributed by atoms with E-state index in [9.17, 15) is 8.42 Å². The lowest BCUT2D eigenvalue weighted by atomic mass is 9.99. The Morgan fingerprint density at radius 1 is 1.33 bits per heavy atom. The largest absolute Gasteiger partial charge is 0.382 e. The Morgan fingerprint density at radius 2 is 2.10 bits per heavy atom. The summed E-state index contributed by atoms with van der Waals surface area (Å²) < 4.78 is 36.1. The van der Waals surface area contributed by atoms with Gasteiger partial charge >= 0.3 is 0 Å². The lowest BCUT2D eigenvalue weighted by Crippen LogP contribution is -2.40. The Hall–Kier alpha value is -0.540. The third-order valence-corrected chi connectivity index (χ3v) is 6.34. The average molecular weight is 334 g/mol. The maximum absolute atomic E-state index is 12.2. The van der Waals surface area contributed by atoms with Gasteiger partial charge in [0.15, 0.2) is 0 Å². The first kappa shape index (κ1) is 16.8. The van der Waals surface area contributed by atoms with E-state index in [2.05, 4.69) is 4.98 Å². The monoisotopic (exact) mass is 334 g/mol. The Morgan fingerprint density at radius 3 is 2.71 bits per heavy atom. The molecule has 8 heteroatoms. The van der Waals surface area contributed by atoms with Crippen LogP contribution in [-0.2, 0) is 19.5 Å². The molecule has 0 atom stereocenters. The minimum atomic E-state index is -3.21. The molecule has 21 heavy (non-hydrogen) atoms. The number of nitrogens with zero attached hydrogens (tertiary/aromatic N) is 2. The summed E-state index contributed by atoms with van der Waals surface area (Å²) in [5.41, 5.74) is 0. The summed E-state index contributed by atoms with van der Waals surface area (Å²) in [5.74, 6) is 0.438. The fourth-order valence-electron chi connectivity index (χ4n) is 2.35. The molecule has 0 saturated carbocycles. The van der Waals surface area contributed by atoms with Gasteiger partial charge in [-0.1, -0.05) is 0 Å². The Labute approximate surface area is 130 Å². The van der Waals surface area contributed by atoms with Gasteiger partial charge in [-0.25, -0.2) is 17.7 Å². The van der Waals surface area contributed by atoms with Crippen LogP contribution in [0.3, 0.4) is 0 Å². The first-order valence-corrected chi connectivity index (χ1v) is 9.56. The molecule has 0 amide bonds. The van der Waals surface area contributed by atoms with E-state index in [4.69, 9.17) is 9.47 Å². The molecule has 1 aromatic heterocycles. The van der Waals surface area contributed by atoms with Crippen molar-refractivity contribution in [1.29, 1.82) is 0 Å². The van der Waals surface area contributed by atoms with E-state index >= 15 is 0 Å². The zero-order valence-electron chi connectivity index (χ0n) is 12.2. The van der Waals surface area contributed by atoms with Crippen molar-refractivity contribution < 1.29 is 17.9 Å². The van der Waals surface area contributed by atoms with Crippen molar-refractivity contribution >= 4 is 21.4 Å². The van der Waals surface area contributed by atoms with Gasteiger partial charge in [-0.2, -0.15) is 0 Å². The number of sulfonamides is 1. The van der Waals surface area contributed by atoms with E-state index in [1.54, 1.807) is 28.9 Å². The minimum absolute atomic E-state index is 0.0403. The number of hydrogen-bond acceptors (Lipinski definition) is 6. The number of thiazole rings is 1. The Bertz CT molecular complexity index is 496. The van der Waals surface area contributed by atoms with Gasteiger partial charge in [0.1, 0.15) is 0 Å². The molecule has 1 saturated heterocycles. The van der Waals surface area contributed by atoms with Crippen LogP contribution in [0.5, 0.6) is 0 Å². The van der Waals surface area contributed by atoms with E-state index in [-0.39, 0.29) is 12.4 Å². The summed E-state index contributed by atoms with van der Waals surface area (Å²) in [6.07, 6.45) is 3.50. The highest BCUT2D eigenvalue weighted by atomic mass is 32.2. The molecule has 0 N–H and O–H groups in total. The van der Waals surface area contributed by atoms with Crippen molar-refractivity contribution in [2.24, 2.45) is 0 Å². The molecule has 1 aliphatic heterocycles. The van der Waals surface area contributed by atoms with Gasteiger partial charge in [-0.05, 0) is 12.8 Å². The average Bonchev–Trinajstić information content (AvgIpc) is 3.01. The lowest BCUT2D eigenvalue weighted by molar-refractivity contribution is 0.0781. The zero-order valence-corrected chi connectivity index (χ0v) is 13.9. The van der Waals surface area contributed by atoms with Gasteiger partial charge in [-0.3, -0.25) is 0 Å². The highest BCUT2D eigenvalue weighted by Gasteiger charge is 2.29. The van der Waals surface area contributed by atoms with Gasteiger partial charge in [0.25, 0.3) is 0 Å². The molecule has 0 radical (unpaired) electrons. The van der Waals surface area contributed by atoms with E-state index in [1.165, 1.54) is 0 Å². The van der Waals surface area contributed by atoms with Crippen LogP contribution < -0.4 is 0 Å². The number of rotatable bonds is 8. The van der Waals surface area contributed by atoms with Crippen molar-refractivity contribution in [3.63, 3.8) is 0 Å². The van der Waals surface area contributed by atoms with E-state index in [1.807, 2.05) is 5.38 Å². The highest BCUT2D eigenvalue weighted by molar-refractivity contribution is 7.89. The molecule has 0 aromatic carbocycles. The minimum Gasteiger partial charge on any atom is -0.382 e. The predicted molar refractivity (Wildman–Crippen MR) is 82.1 cm³/mol. The SMILES string of the molecule is COCCOCCS(=O)(=O)N1CCC(c2nccs2)CC1. The first-order valence-electron chi connectivity index (χ1n) is 7.07. The number of methoxy groups -OCH3 is 1. The van der Waals surface area contributed by atoms with Crippen LogP contribution in [-0.4, -0.2) is 63.5 Å². The van der Waals surface area contributed by atoms with Crippen molar-refractivity contribution in [1.82, 2.24) is 9.29 Å². The molecular formula is C13H22N2O4S2. The van der Waals surface area contributed by atoms with Gasteiger partial charge in [0.2, 0.25) is 10.0 Å². The molecule has 0 unspecified atom stereocenters. The third kappa shape index (κ3) is 5.00. The van der Waals surface area contributed by atoms with Crippen molar-refractivity contribution in [2.45, 2.75) is 18.8 Å². The standard InChI is InChI=1S/C13H22N2O4S2/c1-18-7-8-19-9-11-21(16,17)15-5-2-12(3-6-15)13-14-4-10-20-13/h4,10,12H,2-3,5-9,11H2,1H3. The number of ether oxygens (including phenoxy) is 2. The predicted octanol–water partition coefficient (Wildman–Crippen LogP) is 1.32. The topological polar surface area (TPSA) is 68.7 Å². The summed E-state index contributed by atoms with van der Waals surface area (Å²) in [4.78, 5) is 4.32. The van der Waals surface area contributed by atoms with Gasteiger partial charge in [-0.15, -0.1) is 11.3 Å². The molecule has 1 aliphatic rings. The smallest absolute Gasteiger partial charge is 0.216 e. The van der Waals surface area contributed by atoms with E-state index < -0.39 is 10.0 Å². The second-order valence-corrected chi connectivity index (χ2v) is 7.98. The number of piperidine rings is 1. The molecule has 0 spiro atoms. The summed E-state index contributed by atoms with van der Waals surface area (Å²) in [6, 6.07) is 0. The van der Waals surface area contributed by atoms with Crippen LogP contribution in [0.1, 0.15) is 23.8 Å². The molecule has 0 bridgehead atoms. The molecule has 6 nitrogen and oxygen atoms in total. The lowest BCUT2D eigenvalue weighted by Gasteiger charge is -2.30. The van der Waals surface area contributed by atoms with Gasteiger partial charge in [0.05, 0.1) is 30.6 Å². The first-order chi connectivity index (χ1) is 10.1. The Balaban J connectivity index is 1.75. The summed E-state index contributed by atoms with van der Waals surface area (Å²) in [7, 11) is -1.62. The van der Waals surface area contributed by atoms with Crippen LogP contribution in [0.15, 0.2) is 11.6 Å². The van der Waals surface area contributed by atoms with Crippen LogP contribution in [0.2, 0.25) is 0 Å². The molecular weight excluding hydrogens is 312 g/mol. The number of aromatic nitrogens is 1. The molecule has 120 valence electrons. The molecule has 0 aliphatic carbocycles. The fraction of sp³-hybridized carbons (Fsp3) is 0.769. The zero-order chi connectivity index (χ0) is 15.1. The number of hydrogen-bond donors (Lipinski definition) is 0. The second kappa shape index (κ2) is 8.19. The van der Waals surface area contributed by atoms with Gasteiger partial charge in [0, 0.05) is 37.7 Å². The van der Waals surface area contributed by atoms with Crippen LogP contribution >= 0.6 is 11.3 Å². The van der Waals surface area contributed by atoms with E-state index in [0.717, 1.165) is 17.8 Å². The Kier molecular flexibility index (Phi) is 6.56. The van der Waals surface area contributed by atoms with Gasteiger partial charge < -0.3 is 9.47 Å². The van der Waals surface area contributed by atoms with Crippen molar-refractivity contribution in [2.75, 3.05) is 45.8 Å². The summed E-state index contributed by atoms with van der Waals surface area (Å²) in [6.45, 7) is 2.28. The van der Waals surface area contributed by atoms with E-state index in [0.29, 0.717) is 32.2 Å². The maximum atomic E-state index is 12.2. The second-order valence-electron chi connectivity index (χ2n) is 4.96. The highest BCUT2D eigenvalue weighted by Crippen LogP contribution is 2.30.